The van der Waals surface area contributed by atoms with E-state index in [0.717, 1.165) is 17.2 Å². The maximum Gasteiger partial charge on any atom is 0.186 e. The van der Waals surface area contributed by atoms with Crippen LogP contribution in [0.5, 0.6) is 0 Å². The van der Waals surface area contributed by atoms with Gasteiger partial charge in [0.05, 0.1) is 0 Å². The molecule has 5 heteroatoms. The standard InChI is InChI=1S/C12H18BrN3S/c13-11-8-17-12(15-11)16(10-4-5-10)7-9-3-1-2-6-14-9/h8-10,14H,1-7H2. The monoisotopic (exact) mass is 315 g/mol. The fraction of sp³-hybridized carbons (Fsp3) is 0.750. The minimum absolute atomic E-state index is 0.659. The number of rotatable bonds is 4. The van der Waals surface area contributed by atoms with Crippen LogP contribution in [-0.2, 0) is 0 Å². The van der Waals surface area contributed by atoms with Gasteiger partial charge in [-0.05, 0) is 48.2 Å². The van der Waals surface area contributed by atoms with Crippen LogP contribution in [0, 0.1) is 0 Å². The van der Waals surface area contributed by atoms with Gasteiger partial charge in [-0.1, -0.05) is 6.42 Å². The van der Waals surface area contributed by atoms with E-state index in [1.54, 1.807) is 11.3 Å². The molecule has 17 heavy (non-hydrogen) atoms. The second kappa shape index (κ2) is 5.24. The van der Waals surface area contributed by atoms with Gasteiger partial charge in [-0.3, -0.25) is 0 Å². The van der Waals surface area contributed by atoms with Crippen LogP contribution in [0.4, 0.5) is 5.13 Å². The number of hydrogen-bond donors (Lipinski definition) is 1. The Balaban J connectivity index is 1.67. The van der Waals surface area contributed by atoms with E-state index in [-0.39, 0.29) is 0 Å². The molecular weight excluding hydrogens is 298 g/mol. The summed E-state index contributed by atoms with van der Waals surface area (Å²) in [6.45, 7) is 2.31. The summed E-state index contributed by atoms with van der Waals surface area (Å²) in [4.78, 5) is 7.08. The van der Waals surface area contributed by atoms with E-state index in [2.05, 4.69) is 36.5 Å². The van der Waals surface area contributed by atoms with Crippen molar-refractivity contribution in [3.63, 3.8) is 0 Å². The van der Waals surface area contributed by atoms with Crippen molar-refractivity contribution in [3.8, 4) is 0 Å². The Morgan fingerprint density at radius 1 is 1.41 bits per heavy atom. The van der Waals surface area contributed by atoms with Crippen LogP contribution in [0.25, 0.3) is 0 Å². The first kappa shape index (κ1) is 11.9. The van der Waals surface area contributed by atoms with Gasteiger partial charge in [0.2, 0.25) is 0 Å². The van der Waals surface area contributed by atoms with Crippen LogP contribution in [0.2, 0.25) is 0 Å². The molecule has 2 aliphatic rings. The molecular formula is C12H18BrN3S. The summed E-state index contributed by atoms with van der Waals surface area (Å²) in [7, 11) is 0. The maximum atomic E-state index is 4.57. The van der Waals surface area contributed by atoms with Crippen LogP contribution in [0.15, 0.2) is 9.98 Å². The van der Waals surface area contributed by atoms with Crippen molar-refractivity contribution in [3.05, 3.63) is 9.98 Å². The summed E-state index contributed by atoms with van der Waals surface area (Å²) in [5, 5.41) is 6.90. The minimum Gasteiger partial charge on any atom is -0.344 e. The van der Waals surface area contributed by atoms with Gasteiger partial charge in [0.1, 0.15) is 4.60 Å². The fourth-order valence-corrected chi connectivity index (χ4v) is 3.80. The highest BCUT2D eigenvalue weighted by Gasteiger charge is 2.32. The first-order valence-corrected chi connectivity index (χ1v) is 8.11. The van der Waals surface area contributed by atoms with Crippen molar-refractivity contribution in [1.82, 2.24) is 10.3 Å². The highest BCUT2D eigenvalue weighted by Crippen LogP contribution is 2.34. The summed E-state index contributed by atoms with van der Waals surface area (Å²) in [5.41, 5.74) is 0. The molecule has 0 bridgehead atoms. The van der Waals surface area contributed by atoms with E-state index in [0.29, 0.717) is 6.04 Å². The predicted octanol–water partition coefficient (Wildman–Crippen LogP) is 3.02. The fourth-order valence-electron chi connectivity index (χ4n) is 2.46. The van der Waals surface area contributed by atoms with E-state index >= 15 is 0 Å². The zero-order valence-electron chi connectivity index (χ0n) is 9.86. The summed E-state index contributed by atoms with van der Waals surface area (Å²) in [5.74, 6) is 0. The molecule has 0 aromatic carbocycles. The Bertz CT molecular complexity index is 372. The lowest BCUT2D eigenvalue weighted by atomic mass is 10.0. The Morgan fingerprint density at radius 3 is 2.88 bits per heavy atom. The largest absolute Gasteiger partial charge is 0.344 e. The Labute approximate surface area is 115 Å². The van der Waals surface area contributed by atoms with Gasteiger partial charge in [-0.15, -0.1) is 11.3 Å². The van der Waals surface area contributed by atoms with Gasteiger partial charge >= 0.3 is 0 Å². The zero-order valence-corrected chi connectivity index (χ0v) is 12.3. The van der Waals surface area contributed by atoms with Gasteiger partial charge in [-0.25, -0.2) is 4.98 Å². The number of halogens is 1. The molecule has 1 aliphatic carbocycles. The second-order valence-corrected chi connectivity index (χ2v) is 6.63. The molecule has 0 radical (unpaired) electrons. The molecule has 94 valence electrons. The van der Waals surface area contributed by atoms with Crippen LogP contribution >= 0.6 is 27.3 Å². The third-order valence-corrected chi connectivity index (χ3v) is 5.11. The second-order valence-electron chi connectivity index (χ2n) is 4.98. The number of hydrogen-bond acceptors (Lipinski definition) is 4. The lowest BCUT2D eigenvalue weighted by Crippen LogP contribution is -2.44. The van der Waals surface area contributed by atoms with Gasteiger partial charge in [0.15, 0.2) is 5.13 Å². The highest BCUT2D eigenvalue weighted by molar-refractivity contribution is 9.10. The molecule has 3 nitrogen and oxygen atoms in total. The SMILES string of the molecule is Brc1csc(N(CC2CCCCN2)C2CC2)n1. The van der Waals surface area contributed by atoms with Crippen molar-refractivity contribution in [2.75, 3.05) is 18.0 Å². The number of thiazole rings is 1. The average molecular weight is 316 g/mol. The van der Waals surface area contributed by atoms with Gasteiger partial charge in [0, 0.05) is 24.0 Å². The van der Waals surface area contributed by atoms with Gasteiger partial charge < -0.3 is 10.2 Å². The smallest absolute Gasteiger partial charge is 0.186 e. The maximum absolute atomic E-state index is 4.57. The number of nitrogens with zero attached hydrogens (tertiary/aromatic N) is 2. The summed E-state index contributed by atoms with van der Waals surface area (Å²) in [6.07, 6.45) is 6.70. The molecule has 1 atom stereocenters. The molecule has 2 heterocycles. The molecule has 2 fully saturated rings. The number of anilines is 1. The Kier molecular flexibility index (Phi) is 3.68. The molecule has 1 aromatic rings. The van der Waals surface area contributed by atoms with E-state index in [1.165, 1.54) is 43.8 Å². The van der Waals surface area contributed by atoms with E-state index in [9.17, 15) is 0 Å². The minimum atomic E-state index is 0.659. The molecule has 0 amide bonds. The average Bonchev–Trinajstić information content (AvgIpc) is 3.10. The highest BCUT2D eigenvalue weighted by atomic mass is 79.9. The van der Waals surface area contributed by atoms with Crippen molar-refractivity contribution < 1.29 is 0 Å². The molecule has 3 rings (SSSR count). The van der Waals surface area contributed by atoms with Crippen LogP contribution in [0.3, 0.4) is 0 Å². The first-order valence-electron chi connectivity index (χ1n) is 6.44. The summed E-state index contributed by atoms with van der Waals surface area (Å²) >= 11 is 5.21. The number of aromatic nitrogens is 1. The quantitative estimate of drug-likeness (QED) is 0.925. The zero-order chi connectivity index (χ0) is 11.7. The Hall–Kier alpha value is -0.130. The summed E-state index contributed by atoms with van der Waals surface area (Å²) < 4.78 is 0.972. The predicted molar refractivity (Wildman–Crippen MR) is 75.8 cm³/mol. The van der Waals surface area contributed by atoms with E-state index in [1.807, 2.05) is 0 Å². The van der Waals surface area contributed by atoms with Crippen molar-refractivity contribution >= 4 is 32.4 Å². The topological polar surface area (TPSA) is 28.2 Å². The number of nitrogens with one attached hydrogen (secondary N) is 1. The van der Waals surface area contributed by atoms with Crippen molar-refractivity contribution in [1.29, 1.82) is 0 Å². The first-order chi connectivity index (χ1) is 8.33. The van der Waals surface area contributed by atoms with Crippen LogP contribution in [0.1, 0.15) is 32.1 Å². The Morgan fingerprint density at radius 2 is 2.29 bits per heavy atom. The molecule has 1 N–H and O–H groups in total. The summed E-state index contributed by atoms with van der Waals surface area (Å²) in [6, 6.07) is 1.41. The van der Waals surface area contributed by atoms with Gasteiger partial charge in [-0.2, -0.15) is 0 Å². The molecule has 1 aromatic heterocycles. The van der Waals surface area contributed by atoms with Crippen molar-refractivity contribution in [2.45, 2.75) is 44.2 Å². The van der Waals surface area contributed by atoms with Crippen LogP contribution in [-0.4, -0.2) is 30.2 Å². The lowest BCUT2D eigenvalue weighted by Gasteiger charge is -2.30. The normalized spacial score (nSPS) is 24.9. The van der Waals surface area contributed by atoms with E-state index < -0.39 is 0 Å². The number of piperidine rings is 1. The van der Waals surface area contributed by atoms with E-state index in [4.69, 9.17) is 0 Å². The molecule has 1 aliphatic heterocycles. The third kappa shape index (κ3) is 3.01. The van der Waals surface area contributed by atoms with Crippen LogP contribution < -0.4 is 10.2 Å². The molecule has 1 saturated carbocycles. The van der Waals surface area contributed by atoms with Gasteiger partial charge in [0.25, 0.3) is 0 Å². The molecule has 1 saturated heterocycles. The molecule has 0 spiro atoms. The lowest BCUT2D eigenvalue weighted by molar-refractivity contribution is 0.398. The van der Waals surface area contributed by atoms with Crippen molar-refractivity contribution in [2.24, 2.45) is 0 Å². The molecule has 1 unspecified atom stereocenters. The third-order valence-electron chi connectivity index (χ3n) is 3.53.